The number of hydrogen-bond acceptors (Lipinski definition) is 4. The molecule has 1 atom stereocenters. The number of benzene rings is 3. The number of H-pyrrole nitrogens is 1. The average molecular weight is 413 g/mol. The second-order valence-corrected chi connectivity index (χ2v) is 8.59. The predicted octanol–water partition coefficient (Wildman–Crippen LogP) is 5.42. The first kappa shape index (κ1) is 18.6. The summed E-state index contributed by atoms with van der Waals surface area (Å²) < 4.78 is 2.16. The van der Waals surface area contributed by atoms with Gasteiger partial charge >= 0.3 is 0 Å². The Morgan fingerprint density at radius 1 is 0.900 bits per heavy atom. The average Bonchev–Trinajstić information content (AvgIpc) is 3.12. The Hall–Kier alpha value is -3.38. The SMILES string of the molecule is Cc1ccc(-n2c(S[C@H](C)c3nc4ccccc4c(=O)[nH]3)nc3ccccc32)cc1. The largest absolute Gasteiger partial charge is 0.309 e. The van der Waals surface area contributed by atoms with E-state index in [-0.39, 0.29) is 10.8 Å². The number of nitrogens with one attached hydrogen (secondary N) is 1. The molecule has 0 bridgehead atoms. The number of aryl methyl sites for hydroxylation is 1. The van der Waals surface area contributed by atoms with E-state index in [0.717, 1.165) is 21.9 Å². The number of aromatic nitrogens is 4. The Balaban J connectivity index is 1.59. The molecule has 0 amide bonds. The molecule has 0 spiro atoms. The molecular formula is C24H20N4OS. The van der Waals surface area contributed by atoms with E-state index >= 15 is 0 Å². The minimum atomic E-state index is -0.116. The van der Waals surface area contributed by atoms with Crippen molar-refractivity contribution in [3.05, 3.63) is 94.5 Å². The molecule has 5 aromatic rings. The lowest BCUT2D eigenvalue weighted by atomic mass is 10.2. The zero-order chi connectivity index (χ0) is 20.7. The Morgan fingerprint density at radius 2 is 1.60 bits per heavy atom. The number of hydrogen-bond donors (Lipinski definition) is 1. The van der Waals surface area contributed by atoms with Gasteiger partial charge in [0.05, 0.1) is 27.2 Å². The van der Waals surface area contributed by atoms with Crippen molar-refractivity contribution in [3.8, 4) is 5.69 Å². The lowest BCUT2D eigenvalue weighted by Gasteiger charge is -2.13. The van der Waals surface area contributed by atoms with Gasteiger partial charge in [-0.25, -0.2) is 9.97 Å². The number of thioether (sulfide) groups is 1. The Labute approximate surface area is 177 Å². The summed E-state index contributed by atoms with van der Waals surface area (Å²) in [4.78, 5) is 25.0. The maximum atomic E-state index is 12.5. The van der Waals surface area contributed by atoms with Crippen LogP contribution in [0, 0.1) is 6.92 Å². The molecule has 5 rings (SSSR count). The molecule has 0 unspecified atom stereocenters. The highest BCUT2D eigenvalue weighted by atomic mass is 32.2. The molecule has 0 fully saturated rings. The second-order valence-electron chi connectivity index (χ2n) is 7.28. The van der Waals surface area contributed by atoms with Gasteiger partial charge in [0.2, 0.25) is 0 Å². The Kier molecular flexibility index (Phi) is 4.64. The third-order valence-corrected chi connectivity index (χ3v) is 6.18. The minimum Gasteiger partial charge on any atom is -0.309 e. The molecule has 3 aromatic carbocycles. The molecule has 1 N–H and O–H groups in total. The number of rotatable bonds is 4. The number of fused-ring (bicyclic) bond motifs is 2. The standard InChI is InChI=1S/C24H20N4OS/c1-15-11-13-17(14-12-15)28-21-10-6-5-9-20(21)26-24(28)30-16(2)22-25-19-8-4-3-7-18(19)23(29)27-22/h3-14,16H,1-2H3,(H,25,27,29)/t16-/m1/s1. The van der Waals surface area contributed by atoms with Crippen LogP contribution in [0.25, 0.3) is 27.6 Å². The van der Waals surface area contributed by atoms with Crippen molar-refractivity contribution in [2.75, 3.05) is 0 Å². The van der Waals surface area contributed by atoms with Gasteiger partial charge in [0.25, 0.3) is 5.56 Å². The van der Waals surface area contributed by atoms with Crippen LogP contribution in [0.2, 0.25) is 0 Å². The number of imidazole rings is 1. The molecule has 2 heterocycles. The molecule has 0 aliphatic heterocycles. The Bertz CT molecular complexity index is 1420. The van der Waals surface area contributed by atoms with Gasteiger partial charge in [-0.1, -0.05) is 53.7 Å². The fourth-order valence-electron chi connectivity index (χ4n) is 3.54. The van der Waals surface area contributed by atoms with Gasteiger partial charge in [-0.3, -0.25) is 9.36 Å². The molecule has 2 aromatic heterocycles. The lowest BCUT2D eigenvalue weighted by molar-refractivity contribution is 0.883. The van der Waals surface area contributed by atoms with Gasteiger partial charge < -0.3 is 4.98 Å². The molecule has 0 radical (unpaired) electrons. The molecular weight excluding hydrogens is 392 g/mol. The zero-order valence-electron chi connectivity index (χ0n) is 16.7. The topological polar surface area (TPSA) is 63.6 Å². The first-order chi connectivity index (χ1) is 14.6. The van der Waals surface area contributed by atoms with Gasteiger partial charge in [0, 0.05) is 5.69 Å². The summed E-state index contributed by atoms with van der Waals surface area (Å²) in [6.07, 6.45) is 0. The minimum absolute atomic E-state index is 0.0803. The fourth-order valence-corrected chi connectivity index (χ4v) is 4.54. The van der Waals surface area contributed by atoms with Crippen molar-refractivity contribution in [1.82, 2.24) is 19.5 Å². The summed E-state index contributed by atoms with van der Waals surface area (Å²) in [5.41, 5.74) is 4.85. The molecule has 30 heavy (non-hydrogen) atoms. The highest BCUT2D eigenvalue weighted by Crippen LogP contribution is 2.36. The molecule has 6 heteroatoms. The maximum Gasteiger partial charge on any atom is 0.258 e. The van der Waals surface area contributed by atoms with E-state index in [0.29, 0.717) is 16.7 Å². The normalized spacial score (nSPS) is 12.5. The molecule has 0 saturated heterocycles. The van der Waals surface area contributed by atoms with E-state index in [9.17, 15) is 4.79 Å². The zero-order valence-corrected chi connectivity index (χ0v) is 17.5. The first-order valence-electron chi connectivity index (χ1n) is 9.80. The van der Waals surface area contributed by atoms with Crippen molar-refractivity contribution in [2.24, 2.45) is 0 Å². The van der Waals surface area contributed by atoms with Crippen LogP contribution in [0.15, 0.2) is 82.7 Å². The van der Waals surface area contributed by atoms with Crippen molar-refractivity contribution < 1.29 is 0 Å². The third-order valence-electron chi connectivity index (χ3n) is 5.12. The fraction of sp³-hybridized carbons (Fsp3) is 0.125. The van der Waals surface area contributed by atoms with E-state index in [4.69, 9.17) is 4.98 Å². The van der Waals surface area contributed by atoms with Gasteiger partial charge in [0.15, 0.2) is 5.16 Å². The summed E-state index contributed by atoms with van der Waals surface area (Å²) >= 11 is 1.58. The lowest BCUT2D eigenvalue weighted by Crippen LogP contribution is -2.13. The Morgan fingerprint density at radius 3 is 2.40 bits per heavy atom. The van der Waals surface area contributed by atoms with Crippen molar-refractivity contribution >= 4 is 33.7 Å². The van der Waals surface area contributed by atoms with E-state index in [1.807, 2.05) is 43.3 Å². The summed E-state index contributed by atoms with van der Waals surface area (Å²) in [5.74, 6) is 0.645. The van der Waals surface area contributed by atoms with Gasteiger partial charge in [-0.2, -0.15) is 0 Å². The first-order valence-corrected chi connectivity index (χ1v) is 10.7. The van der Waals surface area contributed by atoms with Crippen molar-refractivity contribution in [3.63, 3.8) is 0 Å². The second kappa shape index (κ2) is 7.46. The molecule has 5 nitrogen and oxygen atoms in total. The highest BCUT2D eigenvalue weighted by Gasteiger charge is 2.19. The van der Waals surface area contributed by atoms with E-state index in [1.165, 1.54) is 5.56 Å². The van der Waals surface area contributed by atoms with Gasteiger partial charge in [-0.05, 0) is 50.2 Å². The van der Waals surface area contributed by atoms with Gasteiger partial charge in [0.1, 0.15) is 5.82 Å². The van der Waals surface area contributed by atoms with Crippen LogP contribution < -0.4 is 5.56 Å². The molecule has 0 aliphatic carbocycles. The van der Waals surface area contributed by atoms with E-state index in [2.05, 4.69) is 51.8 Å². The van der Waals surface area contributed by atoms with Crippen LogP contribution >= 0.6 is 11.8 Å². The molecule has 0 aliphatic rings. The molecule has 148 valence electrons. The van der Waals surface area contributed by atoms with Crippen LogP contribution in [-0.4, -0.2) is 19.5 Å². The van der Waals surface area contributed by atoms with Crippen LogP contribution in [0.3, 0.4) is 0 Å². The highest BCUT2D eigenvalue weighted by molar-refractivity contribution is 7.99. The summed E-state index contributed by atoms with van der Waals surface area (Å²) in [7, 11) is 0. The monoisotopic (exact) mass is 412 g/mol. The number of nitrogens with zero attached hydrogens (tertiary/aromatic N) is 3. The van der Waals surface area contributed by atoms with Crippen LogP contribution in [-0.2, 0) is 0 Å². The third kappa shape index (κ3) is 3.29. The van der Waals surface area contributed by atoms with Gasteiger partial charge in [-0.15, -0.1) is 0 Å². The molecule has 0 saturated carbocycles. The van der Waals surface area contributed by atoms with Crippen LogP contribution in [0.1, 0.15) is 23.6 Å². The van der Waals surface area contributed by atoms with Crippen molar-refractivity contribution in [1.29, 1.82) is 0 Å². The predicted molar refractivity (Wildman–Crippen MR) is 122 cm³/mol. The maximum absolute atomic E-state index is 12.5. The summed E-state index contributed by atoms with van der Waals surface area (Å²) in [6.45, 7) is 4.12. The van der Waals surface area contributed by atoms with E-state index < -0.39 is 0 Å². The van der Waals surface area contributed by atoms with Crippen molar-refractivity contribution in [2.45, 2.75) is 24.3 Å². The summed E-state index contributed by atoms with van der Waals surface area (Å²) in [5, 5.41) is 1.39. The quantitative estimate of drug-likeness (QED) is 0.400. The summed E-state index contributed by atoms with van der Waals surface area (Å²) in [6, 6.07) is 23.9. The smallest absolute Gasteiger partial charge is 0.258 e. The van der Waals surface area contributed by atoms with Crippen LogP contribution in [0.5, 0.6) is 0 Å². The van der Waals surface area contributed by atoms with Crippen LogP contribution in [0.4, 0.5) is 0 Å². The number of para-hydroxylation sites is 3. The number of aromatic amines is 1. The van der Waals surface area contributed by atoms with E-state index in [1.54, 1.807) is 17.8 Å².